The number of carbonyl (C=O) groups excluding carboxylic acids is 1. The Morgan fingerprint density at radius 1 is 1.20 bits per heavy atom. The zero-order valence-corrected chi connectivity index (χ0v) is 13.0. The van der Waals surface area contributed by atoms with Crippen LogP contribution in [-0.4, -0.2) is 18.5 Å². The number of carbonyl (C=O) groups is 1. The molecule has 0 heterocycles. The molecule has 20 heavy (non-hydrogen) atoms. The van der Waals surface area contributed by atoms with Crippen LogP contribution >= 0.6 is 0 Å². The Morgan fingerprint density at radius 3 is 2.40 bits per heavy atom. The highest BCUT2D eigenvalue weighted by molar-refractivity contribution is 5.99. The van der Waals surface area contributed by atoms with Gasteiger partial charge in [-0.25, -0.2) is 0 Å². The SMILES string of the molecule is CC(C)Nc1ccccc1C(=O)NCC1(C(C)C)CC1. The fourth-order valence-electron chi connectivity index (χ4n) is 2.59. The largest absolute Gasteiger partial charge is 0.382 e. The van der Waals surface area contributed by atoms with Crippen molar-refractivity contribution in [2.45, 2.75) is 46.6 Å². The first kappa shape index (κ1) is 14.9. The Labute approximate surface area is 122 Å². The summed E-state index contributed by atoms with van der Waals surface area (Å²) in [5.41, 5.74) is 1.99. The lowest BCUT2D eigenvalue weighted by molar-refractivity contribution is 0.0940. The molecular formula is C17H26N2O. The van der Waals surface area contributed by atoms with Crippen molar-refractivity contribution < 1.29 is 4.79 Å². The lowest BCUT2D eigenvalue weighted by Crippen LogP contribution is -2.33. The summed E-state index contributed by atoms with van der Waals surface area (Å²) in [4.78, 5) is 12.4. The minimum Gasteiger partial charge on any atom is -0.382 e. The maximum absolute atomic E-state index is 12.4. The molecular weight excluding hydrogens is 248 g/mol. The van der Waals surface area contributed by atoms with Crippen LogP contribution in [0.4, 0.5) is 5.69 Å². The van der Waals surface area contributed by atoms with Crippen LogP contribution < -0.4 is 10.6 Å². The average molecular weight is 274 g/mol. The van der Waals surface area contributed by atoms with Gasteiger partial charge in [-0.3, -0.25) is 4.79 Å². The van der Waals surface area contributed by atoms with Crippen LogP contribution in [0, 0.1) is 11.3 Å². The van der Waals surface area contributed by atoms with Gasteiger partial charge in [0, 0.05) is 18.3 Å². The van der Waals surface area contributed by atoms with Crippen LogP contribution in [0.1, 0.15) is 50.9 Å². The Kier molecular flexibility index (Phi) is 4.36. The second kappa shape index (κ2) is 5.86. The minimum atomic E-state index is 0.0284. The summed E-state index contributed by atoms with van der Waals surface area (Å²) in [6, 6.07) is 8.03. The maximum atomic E-state index is 12.4. The molecule has 2 N–H and O–H groups in total. The summed E-state index contributed by atoms with van der Waals surface area (Å²) in [6.45, 7) is 9.43. The highest BCUT2D eigenvalue weighted by Crippen LogP contribution is 2.51. The highest BCUT2D eigenvalue weighted by Gasteiger charge is 2.45. The minimum absolute atomic E-state index is 0.0284. The zero-order chi connectivity index (χ0) is 14.8. The van der Waals surface area contributed by atoms with Gasteiger partial charge in [0.2, 0.25) is 0 Å². The van der Waals surface area contributed by atoms with Crippen LogP contribution in [-0.2, 0) is 0 Å². The summed E-state index contributed by atoms with van der Waals surface area (Å²) in [5.74, 6) is 0.660. The van der Waals surface area contributed by atoms with Gasteiger partial charge in [0.1, 0.15) is 0 Å². The topological polar surface area (TPSA) is 41.1 Å². The molecule has 0 spiro atoms. The molecule has 0 saturated heterocycles. The summed E-state index contributed by atoms with van der Waals surface area (Å²) in [5, 5.41) is 6.45. The molecule has 110 valence electrons. The van der Waals surface area contributed by atoms with Crippen LogP contribution in [0.3, 0.4) is 0 Å². The van der Waals surface area contributed by atoms with E-state index in [1.54, 1.807) is 0 Å². The van der Waals surface area contributed by atoms with Gasteiger partial charge < -0.3 is 10.6 Å². The molecule has 0 aliphatic heterocycles. The number of rotatable bonds is 6. The number of nitrogens with one attached hydrogen (secondary N) is 2. The predicted octanol–water partition coefficient (Wildman–Crippen LogP) is 3.67. The number of para-hydroxylation sites is 1. The van der Waals surface area contributed by atoms with E-state index in [1.165, 1.54) is 12.8 Å². The van der Waals surface area contributed by atoms with Crippen molar-refractivity contribution in [3.8, 4) is 0 Å². The zero-order valence-electron chi connectivity index (χ0n) is 13.0. The fraction of sp³-hybridized carbons (Fsp3) is 0.588. The summed E-state index contributed by atoms with van der Waals surface area (Å²) in [7, 11) is 0. The van der Waals surface area contributed by atoms with Gasteiger partial charge in [0.25, 0.3) is 5.91 Å². The molecule has 1 saturated carbocycles. The van der Waals surface area contributed by atoms with Crippen molar-refractivity contribution in [1.82, 2.24) is 5.32 Å². The van der Waals surface area contributed by atoms with Gasteiger partial charge in [0.15, 0.2) is 0 Å². The fourth-order valence-corrected chi connectivity index (χ4v) is 2.59. The van der Waals surface area contributed by atoms with Crippen molar-refractivity contribution >= 4 is 11.6 Å². The van der Waals surface area contributed by atoms with Gasteiger partial charge >= 0.3 is 0 Å². The van der Waals surface area contributed by atoms with Crippen molar-refractivity contribution in [2.75, 3.05) is 11.9 Å². The van der Waals surface area contributed by atoms with Crippen molar-refractivity contribution in [3.63, 3.8) is 0 Å². The molecule has 3 heteroatoms. The van der Waals surface area contributed by atoms with Gasteiger partial charge in [-0.05, 0) is 50.2 Å². The van der Waals surface area contributed by atoms with E-state index in [0.29, 0.717) is 17.4 Å². The van der Waals surface area contributed by atoms with Gasteiger partial charge in [-0.15, -0.1) is 0 Å². The Balaban J connectivity index is 2.02. The molecule has 0 atom stereocenters. The van der Waals surface area contributed by atoms with E-state index < -0.39 is 0 Å². The molecule has 0 bridgehead atoms. The van der Waals surface area contributed by atoms with E-state index in [1.807, 2.05) is 24.3 Å². The quantitative estimate of drug-likeness (QED) is 0.831. The third-order valence-electron chi connectivity index (χ3n) is 4.33. The van der Waals surface area contributed by atoms with Crippen molar-refractivity contribution in [2.24, 2.45) is 11.3 Å². The third-order valence-corrected chi connectivity index (χ3v) is 4.33. The van der Waals surface area contributed by atoms with E-state index in [4.69, 9.17) is 0 Å². The molecule has 1 aliphatic rings. The number of hydrogen-bond donors (Lipinski definition) is 2. The smallest absolute Gasteiger partial charge is 0.253 e. The van der Waals surface area contributed by atoms with Crippen LogP contribution in [0.5, 0.6) is 0 Å². The molecule has 1 fully saturated rings. The van der Waals surface area contributed by atoms with E-state index in [0.717, 1.165) is 17.8 Å². The van der Waals surface area contributed by atoms with E-state index in [2.05, 4.69) is 38.3 Å². The third kappa shape index (κ3) is 3.33. The first-order valence-corrected chi connectivity index (χ1v) is 7.58. The van der Waals surface area contributed by atoms with Gasteiger partial charge in [0.05, 0.1) is 5.56 Å². The van der Waals surface area contributed by atoms with E-state index in [-0.39, 0.29) is 5.91 Å². The molecule has 1 aromatic carbocycles. The Hall–Kier alpha value is -1.51. The first-order valence-electron chi connectivity index (χ1n) is 7.58. The monoisotopic (exact) mass is 274 g/mol. The van der Waals surface area contributed by atoms with E-state index >= 15 is 0 Å². The summed E-state index contributed by atoms with van der Waals surface area (Å²) in [6.07, 6.45) is 2.47. The van der Waals surface area contributed by atoms with E-state index in [9.17, 15) is 4.79 Å². The Morgan fingerprint density at radius 2 is 1.85 bits per heavy atom. The lowest BCUT2D eigenvalue weighted by atomic mass is 9.92. The Bertz CT molecular complexity index is 476. The second-order valence-corrected chi connectivity index (χ2v) is 6.54. The van der Waals surface area contributed by atoms with Crippen molar-refractivity contribution in [3.05, 3.63) is 29.8 Å². The molecule has 0 unspecified atom stereocenters. The molecule has 2 rings (SSSR count). The first-order chi connectivity index (χ1) is 9.44. The molecule has 0 aromatic heterocycles. The molecule has 1 amide bonds. The highest BCUT2D eigenvalue weighted by atomic mass is 16.1. The van der Waals surface area contributed by atoms with Crippen LogP contribution in [0.15, 0.2) is 24.3 Å². The number of anilines is 1. The second-order valence-electron chi connectivity index (χ2n) is 6.54. The lowest BCUT2D eigenvalue weighted by Gasteiger charge is -2.21. The number of amides is 1. The summed E-state index contributed by atoms with van der Waals surface area (Å²) < 4.78 is 0. The number of hydrogen-bond acceptors (Lipinski definition) is 2. The molecule has 1 aromatic rings. The molecule has 0 radical (unpaired) electrons. The molecule has 1 aliphatic carbocycles. The summed E-state index contributed by atoms with van der Waals surface area (Å²) >= 11 is 0. The molecule has 3 nitrogen and oxygen atoms in total. The van der Waals surface area contributed by atoms with Crippen LogP contribution in [0.2, 0.25) is 0 Å². The predicted molar refractivity (Wildman–Crippen MR) is 84.0 cm³/mol. The maximum Gasteiger partial charge on any atom is 0.253 e. The normalized spacial score (nSPS) is 16.3. The number of benzene rings is 1. The van der Waals surface area contributed by atoms with Gasteiger partial charge in [-0.2, -0.15) is 0 Å². The van der Waals surface area contributed by atoms with Gasteiger partial charge in [-0.1, -0.05) is 26.0 Å². The average Bonchev–Trinajstić information content (AvgIpc) is 3.17. The van der Waals surface area contributed by atoms with Crippen LogP contribution in [0.25, 0.3) is 0 Å². The van der Waals surface area contributed by atoms with Crippen molar-refractivity contribution in [1.29, 1.82) is 0 Å². The standard InChI is InChI=1S/C17H26N2O/c1-12(2)17(9-10-17)11-18-16(20)14-7-5-6-8-15(14)19-13(3)4/h5-8,12-13,19H,9-11H2,1-4H3,(H,18,20).